The molecule has 19 heavy (non-hydrogen) atoms. The second-order valence-electron chi connectivity index (χ2n) is 4.34. The topological polar surface area (TPSA) is 30.2 Å². The summed E-state index contributed by atoms with van der Waals surface area (Å²) in [6, 6.07) is 17.0. The predicted molar refractivity (Wildman–Crippen MR) is 77.8 cm³/mol. The average Bonchev–Trinajstić information content (AvgIpc) is 2.39. The van der Waals surface area contributed by atoms with Gasteiger partial charge in [-0.3, -0.25) is 4.79 Å². The average molecular weight is 268 g/mol. The summed E-state index contributed by atoms with van der Waals surface area (Å²) in [6.45, 7) is 2.04. The Bertz CT molecular complexity index is 790. The van der Waals surface area contributed by atoms with E-state index in [0.29, 0.717) is 16.1 Å². The molecule has 94 valence electrons. The maximum Gasteiger partial charge on any atom is 0.193 e. The highest BCUT2D eigenvalue weighted by molar-refractivity contribution is 7.99. The molecule has 0 atom stereocenters. The molecule has 0 radical (unpaired) electrons. The SMILES string of the molecule is Cc1cccc(Sc2cc(=O)c3ccccc3o2)c1. The molecule has 1 aromatic heterocycles. The third kappa shape index (κ3) is 2.56. The van der Waals surface area contributed by atoms with E-state index in [4.69, 9.17) is 4.42 Å². The Kier molecular flexibility index (Phi) is 3.13. The van der Waals surface area contributed by atoms with E-state index >= 15 is 0 Å². The van der Waals surface area contributed by atoms with Crippen LogP contribution < -0.4 is 5.43 Å². The van der Waals surface area contributed by atoms with Gasteiger partial charge in [0.05, 0.1) is 5.39 Å². The Morgan fingerprint density at radius 1 is 1.00 bits per heavy atom. The molecule has 1 heterocycles. The van der Waals surface area contributed by atoms with Crippen LogP contribution in [0.3, 0.4) is 0 Å². The van der Waals surface area contributed by atoms with E-state index in [2.05, 4.69) is 6.07 Å². The van der Waals surface area contributed by atoms with Crippen molar-refractivity contribution in [3.63, 3.8) is 0 Å². The van der Waals surface area contributed by atoms with Crippen molar-refractivity contribution in [3.05, 3.63) is 70.4 Å². The van der Waals surface area contributed by atoms with Gasteiger partial charge in [-0.05, 0) is 31.2 Å². The summed E-state index contributed by atoms with van der Waals surface area (Å²) in [7, 11) is 0. The maximum absolute atomic E-state index is 12.0. The molecule has 0 aliphatic rings. The molecule has 2 aromatic carbocycles. The summed E-state index contributed by atoms with van der Waals surface area (Å²) in [6.07, 6.45) is 0. The number of benzene rings is 2. The largest absolute Gasteiger partial charge is 0.449 e. The molecule has 0 saturated carbocycles. The summed E-state index contributed by atoms with van der Waals surface area (Å²) in [5, 5.41) is 1.24. The molecule has 0 aliphatic heterocycles. The van der Waals surface area contributed by atoms with Crippen LogP contribution in [0.5, 0.6) is 0 Å². The lowest BCUT2D eigenvalue weighted by molar-refractivity contribution is 0.500. The van der Waals surface area contributed by atoms with Crippen molar-refractivity contribution >= 4 is 22.7 Å². The van der Waals surface area contributed by atoms with Crippen molar-refractivity contribution in [1.29, 1.82) is 0 Å². The smallest absolute Gasteiger partial charge is 0.193 e. The van der Waals surface area contributed by atoms with Crippen LogP contribution in [0, 0.1) is 6.92 Å². The number of rotatable bonds is 2. The van der Waals surface area contributed by atoms with E-state index in [1.54, 1.807) is 12.1 Å². The lowest BCUT2D eigenvalue weighted by atomic mass is 10.2. The zero-order chi connectivity index (χ0) is 13.2. The van der Waals surface area contributed by atoms with E-state index in [1.807, 2.05) is 43.3 Å². The summed E-state index contributed by atoms with van der Waals surface area (Å²) < 4.78 is 5.75. The van der Waals surface area contributed by atoms with Gasteiger partial charge in [-0.15, -0.1) is 0 Å². The maximum atomic E-state index is 12.0. The predicted octanol–water partition coefficient (Wildman–Crippen LogP) is 4.25. The first-order chi connectivity index (χ1) is 9.22. The van der Waals surface area contributed by atoms with Gasteiger partial charge in [-0.25, -0.2) is 0 Å². The zero-order valence-corrected chi connectivity index (χ0v) is 11.2. The van der Waals surface area contributed by atoms with Gasteiger partial charge >= 0.3 is 0 Å². The molecule has 0 aliphatic carbocycles. The quantitative estimate of drug-likeness (QED) is 0.696. The van der Waals surface area contributed by atoms with Gasteiger partial charge in [0.2, 0.25) is 0 Å². The monoisotopic (exact) mass is 268 g/mol. The number of hydrogen-bond acceptors (Lipinski definition) is 3. The van der Waals surface area contributed by atoms with Crippen LogP contribution >= 0.6 is 11.8 Å². The highest BCUT2D eigenvalue weighted by Crippen LogP contribution is 2.28. The first-order valence-corrected chi connectivity index (χ1v) is 6.81. The molecule has 0 amide bonds. The first kappa shape index (κ1) is 12.1. The van der Waals surface area contributed by atoms with Gasteiger partial charge in [-0.2, -0.15) is 0 Å². The third-order valence-corrected chi connectivity index (χ3v) is 3.71. The second kappa shape index (κ2) is 4.94. The van der Waals surface area contributed by atoms with Gasteiger partial charge in [0.1, 0.15) is 5.58 Å². The van der Waals surface area contributed by atoms with Crippen LogP contribution in [-0.4, -0.2) is 0 Å². The van der Waals surface area contributed by atoms with Gasteiger partial charge in [-0.1, -0.05) is 41.6 Å². The molecule has 0 spiro atoms. The van der Waals surface area contributed by atoms with E-state index in [9.17, 15) is 4.79 Å². The molecule has 0 N–H and O–H groups in total. The highest BCUT2D eigenvalue weighted by atomic mass is 32.2. The van der Waals surface area contributed by atoms with Gasteiger partial charge in [0, 0.05) is 11.0 Å². The minimum Gasteiger partial charge on any atom is -0.449 e. The number of aryl methyl sites for hydroxylation is 1. The molecule has 2 nitrogen and oxygen atoms in total. The van der Waals surface area contributed by atoms with Crippen LogP contribution in [0.4, 0.5) is 0 Å². The Hall–Kier alpha value is -2.00. The number of hydrogen-bond donors (Lipinski definition) is 0. The zero-order valence-electron chi connectivity index (χ0n) is 10.4. The molecular weight excluding hydrogens is 256 g/mol. The van der Waals surface area contributed by atoms with Crippen molar-refractivity contribution in [2.75, 3.05) is 0 Å². The van der Waals surface area contributed by atoms with Crippen LogP contribution in [-0.2, 0) is 0 Å². The minimum absolute atomic E-state index is 0.00277. The second-order valence-corrected chi connectivity index (χ2v) is 5.42. The first-order valence-electron chi connectivity index (χ1n) is 6.00. The molecule has 3 rings (SSSR count). The molecule has 3 heteroatoms. The highest BCUT2D eigenvalue weighted by Gasteiger charge is 2.05. The van der Waals surface area contributed by atoms with Gasteiger partial charge in [0.25, 0.3) is 0 Å². The number of fused-ring (bicyclic) bond motifs is 1. The lowest BCUT2D eigenvalue weighted by Gasteiger charge is -2.03. The number of para-hydroxylation sites is 1. The van der Waals surface area contributed by atoms with E-state index in [0.717, 1.165) is 4.90 Å². The summed E-state index contributed by atoms with van der Waals surface area (Å²) >= 11 is 1.46. The van der Waals surface area contributed by atoms with Crippen molar-refractivity contribution in [2.24, 2.45) is 0 Å². The summed E-state index contributed by atoms with van der Waals surface area (Å²) in [5.41, 5.74) is 1.82. The minimum atomic E-state index is -0.00277. The Labute approximate surface area is 115 Å². The van der Waals surface area contributed by atoms with Gasteiger partial charge < -0.3 is 4.42 Å². The normalized spacial score (nSPS) is 10.8. The van der Waals surface area contributed by atoms with Crippen LogP contribution in [0.2, 0.25) is 0 Å². The van der Waals surface area contributed by atoms with E-state index in [-0.39, 0.29) is 5.43 Å². The third-order valence-electron chi connectivity index (χ3n) is 2.82. The van der Waals surface area contributed by atoms with Gasteiger partial charge in [0.15, 0.2) is 10.5 Å². The van der Waals surface area contributed by atoms with E-state index in [1.165, 1.54) is 17.3 Å². The lowest BCUT2D eigenvalue weighted by Crippen LogP contribution is -1.99. The van der Waals surface area contributed by atoms with Crippen LogP contribution in [0.25, 0.3) is 11.0 Å². The molecule has 0 saturated heterocycles. The molecular formula is C16H12O2S. The fraction of sp³-hybridized carbons (Fsp3) is 0.0625. The summed E-state index contributed by atoms with van der Waals surface area (Å²) in [4.78, 5) is 13.1. The van der Waals surface area contributed by atoms with Crippen molar-refractivity contribution in [1.82, 2.24) is 0 Å². The molecule has 0 fully saturated rings. The Morgan fingerprint density at radius 3 is 2.68 bits per heavy atom. The Balaban J connectivity index is 2.04. The van der Waals surface area contributed by atoms with Crippen molar-refractivity contribution in [2.45, 2.75) is 16.9 Å². The molecule has 0 bridgehead atoms. The fourth-order valence-corrected chi connectivity index (χ4v) is 2.85. The van der Waals surface area contributed by atoms with Crippen LogP contribution in [0.1, 0.15) is 5.56 Å². The Morgan fingerprint density at radius 2 is 1.84 bits per heavy atom. The van der Waals surface area contributed by atoms with Crippen molar-refractivity contribution in [3.8, 4) is 0 Å². The van der Waals surface area contributed by atoms with E-state index < -0.39 is 0 Å². The fourth-order valence-electron chi connectivity index (χ4n) is 1.93. The van der Waals surface area contributed by atoms with Crippen LogP contribution in [0.15, 0.2) is 73.8 Å². The molecule has 0 unspecified atom stereocenters. The van der Waals surface area contributed by atoms with Crippen molar-refractivity contribution < 1.29 is 4.42 Å². The standard InChI is InChI=1S/C16H12O2S/c1-11-5-4-6-12(9-11)19-16-10-14(17)13-7-2-3-8-15(13)18-16/h2-10H,1H3. The molecule has 3 aromatic rings. The summed E-state index contributed by atoms with van der Waals surface area (Å²) in [5.74, 6) is 0.